The lowest BCUT2D eigenvalue weighted by Gasteiger charge is -2.13. The molecule has 0 heterocycles. The molecule has 0 saturated carbocycles. The fourth-order valence-corrected chi connectivity index (χ4v) is 1.74. The molecule has 1 unspecified atom stereocenters. The molecule has 1 aromatic carbocycles. The molecule has 0 radical (unpaired) electrons. The second-order valence-corrected chi connectivity index (χ2v) is 5.09. The third kappa shape index (κ3) is 6.86. The molecule has 0 spiro atoms. The highest BCUT2D eigenvalue weighted by Crippen LogP contribution is 2.05. The van der Waals surface area contributed by atoms with Gasteiger partial charge in [0.2, 0.25) is 11.8 Å². The summed E-state index contributed by atoms with van der Waals surface area (Å²) in [6.07, 6.45) is 0.519. The highest BCUT2D eigenvalue weighted by molar-refractivity contribution is 5.79. The lowest BCUT2D eigenvalue weighted by molar-refractivity contribution is -0.123. The van der Waals surface area contributed by atoms with E-state index in [1.807, 2.05) is 36.4 Å². The largest absolute Gasteiger partial charge is 0.374 e. The first-order valence-corrected chi connectivity index (χ1v) is 7.13. The van der Waals surface area contributed by atoms with Gasteiger partial charge in [0.1, 0.15) is 6.04 Å². The number of benzene rings is 1. The normalized spacial score (nSPS) is 12.9. The Labute approximate surface area is 130 Å². The maximum Gasteiger partial charge on any atom is 0.221 e. The Morgan fingerprint density at radius 1 is 1.36 bits per heavy atom. The second-order valence-electron chi connectivity index (χ2n) is 5.09. The van der Waals surface area contributed by atoms with Gasteiger partial charge in [0.25, 0.3) is 0 Å². The third-order valence-corrected chi connectivity index (χ3v) is 3.18. The van der Waals surface area contributed by atoms with Crippen LogP contribution in [0.25, 0.3) is 0 Å². The van der Waals surface area contributed by atoms with Gasteiger partial charge in [-0.05, 0) is 12.0 Å². The van der Waals surface area contributed by atoms with E-state index in [0.29, 0.717) is 13.0 Å². The molecular formula is C16H21N3O3. The molecule has 2 atom stereocenters. The Balaban J connectivity index is 2.28. The van der Waals surface area contributed by atoms with Gasteiger partial charge in [-0.1, -0.05) is 37.3 Å². The van der Waals surface area contributed by atoms with Crippen LogP contribution in [0.5, 0.6) is 0 Å². The number of carbonyl (C=O) groups excluding carboxylic acids is 2. The number of carbonyl (C=O) groups is 2. The molecule has 22 heavy (non-hydrogen) atoms. The summed E-state index contributed by atoms with van der Waals surface area (Å²) in [4.78, 5) is 22.6. The van der Waals surface area contributed by atoms with E-state index in [-0.39, 0.29) is 24.9 Å². The van der Waals surface area contributed by atoms with Crippen LogP contribution in [0.3, 0.4) is 0 Å². The Bertz CT molecular complexity index is 525. The molecule has 2 amide bonds. The van der Waals surface area contributed by atoms with Gasteiger partial charge in [0, 0.05) is 12.3 Å². The number of nitrogens with zero attached hydrogens (tertiary/aromatic N) is 1. The minimum atomic E-state index is -0.708. The Kier molecular flexibility index (Phi) is 7.65. The van der Waals surface area contributed by atoms with Crippen molar-refractivity contribution in [3.8, 4) is 6.07 Å². The van der Waals surface area contributed by atoms with Crippen molar-refractivity contribution in [2.45, 2.75) is 32.4 Å². The van der Waals surface area contributed by atoms with Crippen molar-refractivity contribution in [2.24, 2.45) is 11.7 Å². The zero-order valence-electron chi connectivity index (χ0n) is 12.6. The molecule has 0 bridgehead atoms. The summed E-state index contributed by atoms with van der Waals surface area (Å²) >= 11 is 0. The summed E-state index contributed by atoms with van der Waals surface area (Å²) in [5.74, 6) is -1.08. The molecule has 0 aromatic heterocycles. The maximum absolute atomic E-state index is 11.7. The van der Waals surface area contributed by atoms with Gasteiger partial charge in [-0.2, -0.15) is 5.26 Å². The van der Waals surface area contributed by atoms with Crippen LogP contribution in [0, 0.1) is 17.2 Å². The number of rotatable bonds is 9. The molecule has 0 aliphatic heterocycles. The smallest absolute Gasteiger partial charge is 0.221 e. The van der Waals surface area contributed by atoms with Crippen molar-refractivity contribution in [2.75, 3.05) is 6.61 Å². The summed E-state index contributed by atoms with van der Waals surface area (Å²) in [6, 6.07) is 10.8. The van der Waals surface area contributed by atoms with E-state index in [1.165, 1.54) is 0 Å². The Morgan fingerprint density at radius 2 is 2.05 bits per heavy atom. The zero-order valence-corrected chi connectivity index (χ0v) is 12.6. The van der Waals surface area contributed by atoms with E-state index in [4.69, 9.17) is 15.7 Å². The molecule has 118 valence electrons. The van der Waals surface area contributed by atoms with E-state index in [0.717, 1.165) is 5.56 Å². The van der Waals surface area contributed by atoms with Crippen LogP contribution in [0.1, 0.15) is 25.3 Å². The predicted octanol–water partition coefficient (Wildman–Crippen LogP) is 1.11. The van der Waals surface area contributed by atoms with Gasteiger partial charge in [-0.3, -0.25) is 9.59 Å². The van der Waals surface area contributed by atoms with E-state index in [9.17, 15) is 9.59 Å². The van der Waals surface area contributed by atoms with Gasteiger partial charge >= 0.3 is 0 Å². The molecule has 6 nitrogen and oxygen atoms in total. The fourth-order valence-electron chi connectivity index (χ4n) is 1.74. The number of primary amides is 1. The van der Waals surface area contributed by atoms with Crippen molar-refractivity contribution in [1.29, 1.82) is 5.26 Å². The minimum absolute atomic E-state index is 0.114. The molecule has 0 aliphatic carbocycles. The molecule has 0 saturated heterocycles. The Morgan fingerprint density at radius 3 is 2.64 bits per heavy atom. The number of amides is 2. The fraction of sp³-hybridized carbons (Fsp3) is 0.438. The van der Waals surface area contributed by atoms with Gasteiger partial charge in [-0.25, -0.2) is 0 Å². The first kappa shape index (κ1) is 17.7. The van der Waals surface area contributed by atoms with Crippen molar-refractivity contribution < 1.29 is 14.3 Å². The van der Waals surface area contributed by atoms with Crippen LogP contribution >= 0.6 is 0 Å². The number of nitrogens with one attached hydrogen (secondary N) is 1. The van der Waals surface area contributed by atoms with Crippen LogP contribution in [-0.4, -0.2) is 24.5 Å². The van der Waals surface area contributed by atoms with E-state index < -0.39 is 11.9 Å². The lowest BCUT2D eigenvalue weighted by Crippen LogP contribution is -2.37. The molecule has 6 heteroatoms. The first-order valence-electron chi connectivity index (χ1n) is 7.13. The van der Waals surface area contributed by atoms with E-state index in [1.54, 1.807) is 6.92 Å². The van der Waals surface area contributed by atoms with Gasteiger partial charge in [0.05, 0.1) is 19.3 Å². The van der Waals surface area contributed by atoms with Crippen molar-refractivity contribution >= 4 is 11.8 Å². The standard InChI is InChI=1S/C16H21N3O3/c1-12(16(18)21)7-8-15(20)19-14(9-17)11-22-10-13-5-3-2-4-6-13/h2-6,12,14H,7-8,10-11H2,1H3,(H2,18,21)(H,19,20)/t12?,14-/m0/s1. The molecule has 1 rings (SSSR count). The molecule has 1 aromatic rings. The van der Waals surface area contributed by atoms with Crippen LogP contribution in [0.15, 0.2) is 30.3 Å². The highest BCUT2D eigenvalue weighted by Gasteiger charge is 2.15. The van der Waals surface area contributed by atoms with E-state index in [2.05, 4.69) is 5.32 Å². The highest BCUT2D eigenvalue weighted by atomic mass is 16.5. The van der Waals surface area contributed by atoms with Crippen LogP contribution in [0.4, 0.5) is 0 Å². The van der Waals surface area contributed by atoms with Crippen molar-refractivity contribution in [3.63, 3.8) is 0 Å². The average Bonchev–Trinajstić information content (AvgIpc) is 2.52. The summed E-state index contributed by atoms with van der Waals surface area (Å²) in [5, 5.41) is 11.6. The average molecular weight is 303 g/mol. The molecule has 0 fully saturated rings. The minimum Gasteiger partial charge on any atom is -0.374 e. The Hall–Kier alpha value is -2.39. The van der Waals surface area contributed by atoms with Gasteiger partial charge < -0.3 is 15.8 Å². The van der Waals surface area contributed by atoms with Gasteiger partial charge in [-0.15, -0.1) is 0 Å². The molecule has 3 N–H and O–H groups in total. The first-order chi connectivity index (χ1) is 10.5. The molecule has 0 aliphatic rings. The number of hydrogen-bond acceptors (Lipinski definition) is 4. The zero-order chi connectivity index (χ0) is 16.4. The molecular weight excluding hydrogens is 282 g/mol. The summed E-state index contributed by atoms with van der Waals surface area (Å²) in [5.41, 5.74) is 6.13. The van der Waals surface area contributed by atoms with Gasteiger partial charge in [0.15, 0.2) is 0 Å². The quantitative estimate of drug-likeness (QED) is 0.713. The van der Waals surface area contributed by atoms with Crippen molar-refractivity contribution in [3.05, 3.63) is 35.9 Å². The monoisotopic (exact) mass is 303 g/mol. The number of nitriles is 1. The summed E-state index contributed by atoms with van der Waals surface area (Å²) < 4.78 is 5.43. The van der Waals surface area contributed by atoms with Crippen LogP contribution in [0.2, 0.25) is 0 Å². The van der Waals surface area contributed by atoms with Crippen molar-refractivity contribution in [1.82, 2.24) is 5.32 Å². The SMILES string of the molecule is CC(CCC(=O)N[C@@H](C#N)COCc1ccccc1)C(N)=O. The van der Waals surface area contributed by atoms with Crippen LogP contribution in [-0.2, 0) is 20.9 Å². The maximum atomic E-state index is 11.7. The summed E-state index contributed by atoms with van der Waals surface area (Å²) in [7, 11) is 0. The second kappa shape index (κ2) is 9.53. The van der Waals surface area contributed by atoms with Crippen LogP contribution < -0.4 is 11.1 Å². The van der Waals surface area contributed by atoms with E-state index >= 15 is 0 Å². The predicted molar refractivity (Wildman–Crippen MR) is 81.2 cm³/mol. The number of nitrogens with two attached hydrogens (primary N) is 1. The number of hydrogen-bond donors (Lipinski definition) is 2. The third-order valence-electron chi connectivity index (χ3n) is 3.18. The number of ether oxygens (including phenoxy) is 1. The lowest BCUT2D eigenvalue weighted by atomic mass is 10.1. The summed E-state index contributed by atoms with van der Waals surface area (Å²) in [6.45, 7) is 2.16. The topological polar surface area (TPSA) is 105 Å².